The van der Waals surface area contributed by atoms with E-state index in [1.165, 1.54) is 14.2 Å². The smallest absolute Gasteiger partial charge is 0.185 e. The van der Waals surface area contributed by atoms with Crippen molar-refractivity contribution in [3.05, 3.63) is 23.8 Å². The number of ether oxygens (including phenoxy) is 3. The number of hydrogen-bond donors (Lipinski definition) is 0. The molecule has 0 N–H and O–H groups in total. The number of ketones is 1. The largest absolute Gasteiger partial charge is 0.493 e. The summed E-state index contributed by atoms with van der Waals surface area (Å²) in [5.74, 6) is -0.00288. The van der Waals surface area contributed by atoms with E-state index >= 15 is 0 Å². The molecule has 21 heavy (non-hydrogen) atoms. The third-order valence-corrected chi connectivity index (χ3v) is 3.87. The molecule has 112 valence electrons. The summed E-state index contributed by atoms with van der Waals surface area (Å²) in [5.41, 5.74) is -0.273. The summed E-state index contributed by atoms with van der Waals surface area (Å²) in [6.45, 7) is 2.32. The minimum absolute atomic E-state index is 0.199. The molecular weight excluding hydrogens is 270 g/mol. The van der Waals surface area contributed by atoms with E-state index < -0.39 is 11.5 Å². The lowest BCUT2D eigenvalue weighted by Gasteiger charge is -2.24. The maximum Gasteiger partial charge on any atom is 0.185 e. The fourth-order valence-electron chi connectivity index (χ4n) is 2.60. The van der Waals surface area contributed by atoms with Gasteiger partial charge in [-0.3, -0.25) is 4.79 Å². The Bertz CT molecular complexity index is 570. The maximum absolute atomic E-state index is 12.6. The molecule has 1 heterocycles. The van der Waals surface area contributed by atoms with Crippen molar-refractivity contribution in [2.24, 2.45) is 0 Å². The van der Waals surface area contributed by atoms with Gasteiger partial charge in [-0.25, -0.2) is 0 Å². The zero-order valence-electron chi connectivity index (χ0n) is 12.5. The van der Waals surface area contributed by atoms with Crippen LogP contribution >= 0.6 is 0 Å². The van der Waals surface area contributed by atoms with Gasteiger partial charge in [0.05, 0.1) is 20.3 Å². The second-order valence-corrected chi connectivity index (χ2v) is 5.22. The lowest BCUT2D eigenvalue weighted by atomic mass is 9.84. The van der Waals surface area contributed by atoms with E-state index in [1.807, 2.05) is 0 Å². The van der Waals surface area contributed by atoms with Crippen LogP contribution in [0.1, 0.15) is 31.2 Å². The van der Waals surface area contributed by atoms with Crippen LogP contribution in [0.15, 0.2) is 18.2 Å². The Morgan fingerprint density at radius 2 is 2.10 bits per heavy atom. The third kappa shape index (κ3) is 2.86. The average Bonchev–Trinajstić information content (AvgIpc) is 2.95. The predicted molar refractivity (Wildman–Crippen MR) is 76.5 cm³/mol. The zero-order chi connectivity index (χ0) is 15.5. The molecule has 2 unspecified atom stereocenters. The highest BCUT2D eigenvalue weighted by Gasteiger charge is 2.42. The first-order valence-electron chi connectivity index (χ1n) is 6.85. The molecule has 1 fully saturated rings. The zero-order valence-corrected chi connectivity index (χ0v) is 12.5. The Morgan fingerprint density at radius 3 is 2.62 bits per heavy atom. The van der Waals surface area contributed by atoms with E-state index in [0.717, 1.165) is 6.42 Å². The van der Waals surface area contributed by atoms with Crippen molar-refractivity contribution in [3.8, 4) is 17.6 Å². The van der Waals surface area contributed by atoms with Crippen molar-refractivity contribution >= 4 is 5.78 Å². The van der Waals surface area contributed by atoms with E-state index in [4.69, 9.17) is 14.2 Å². The fourth-order valence-corrected chi connectivity index (χ4v) is 2.60. The van der Waals surface area contributed by atoms with E-state index in [2.05, 4.69) is 6.07 Å². The van der Waals surface area contributed by atoms with Crippen LogP contribution < -0.4 is 9.47 Å². The lowest BCUT2D eigenvalue weighted by molar-refractivity contribution is -0.137. The van der Waals surface area contributed by atoms with Gasteiger partial charge in [0.1, 0.15) is 11.5 Å². The first-order chi connectivity index (χ1) is 10.1. The van der Waals surface area contributed by atoms with Crippen molar-refractivity contribution in [3.63, 3.8) is 0 Å². The molecule has 0 aliphatic carbocycles. The van der Waals surface area contributed by atoms with E-state index in [-0.39, 0.29) is 5.78 Å². The lowest BCUT2D eigenvalue weighted by Crippen LogP contribution is -2.37. The number of nitriles is 1. The van der Waals surface area contributed by atoms with Gasteiger partial charge in [0, 0.05) is 6.61 Å². The molecule has 0 saturated carbocycles. The molecule has 0 spiro atoms. The summed E-state index contributed by atoms with van der Waals surface area (Å²) in [5, 5.41) is 9.42. The number of carbonyl (C=O) groups is 1. The van der Waals surface area contributed by atoms with E-state index in [0.29, 0.717) is 30.1 Å². The standard InChI is InChI=1S/C16H19NO4/c1-16(7-4-8-21-16)15(18)12(10-17)11-5-6-13(19-2)14(9-11)20-3/h5-6,9,12H,4,7-8H2,1-3H3. The average molecular weight is 289 g/mol. The Labute approximate surface area is 124 Å². The number of benzene rings is 1. The molecular formula is C16H19NO4. The van der Waals surface area contributed by atoms with Crippen molar-refractivity contribution in [1.82, 2.24) is 0 Å². The van der Waals surface area contributed by atoms with Gasteiger partial charge in [0.25, 0.3) is 0 Å². The van der Waals surface area contributed by atoms with Gasteiger partial charge in [0.2, 0.25) is 0 Å². The molecule has 0 radical (unpaired) electrons. The Morgan fingerprint density at radius 1 is 1.38 bits per heavy atom. The van der Waals surface area contributed by atoms with Crippen molar-refractivity contribution < 1.29 is 19.0 Å². The van der Waals surface area contributed by atoms with Crippen molar-refractivity contribution in [2.45, 2.75) is 31.3 Å². The second-order valence-electron chi connectivity index (χ2n) is 5.22. The molecule has 1 aliphatic rings. The fraction of sp³-hybridized carbons (Fsp3) is 0.500. The molecule has 1 aliphatic heterocycles. The summed E-state index contributed by atoms with van der Waals surface area (Å²) in [7, 11) is 3.06. The highest BCUT2D eigenvalue weighted by molar-refractivity contribution is 5.95. The summed E-state index contributed by atoms with van der Waals surface area (Å²) in [6.07, 6.45) is 1.49. The van der Waals surface area contributed by atoms with Crippen molar-refractivity contribution in [2.75, 3.05) is 20.8 Å². The summed E-state index contributed by atoms with van der Waals surface area (Å²) in [6, 6.07) is 7.16. The van der Waals surface area contributed by atoms with Crippen LogP contribution in [-0.4, -0.2) is 32.2 Å². The van der Waals surface area contributed by atoms with Crippen molar-refractivity contribution in [1.29, 1.82) is 5.26 Å². The molecule has 1 aromatic carbocycles. The summed E-state index contributed by atoms with van der Waals surface area (Å²) >= 11 is 0. The van der Waals surface area contributed by atoms with Crippen LogP contribution in [-0.2, 0) is 9.53 Å². The third-order valence-electron chi connectivity index (χ3n) is 3.87. The first kappa shape index (κ1) is 15.3. The van der Waals surface area contributed by atoms with Gasteiger partial charge in [-0.15, -0.1) is 0 Å². The number of methoxy groups -OCH3 is 2. The van der Waals surface area contributed by atoms with Gasteiger partial charge in [0.15, 0.2) is 17.3 Å². The topological polar surface area (TPSA) is 68.5 Å². The van der Waals surface area contributed by atoms with Crippen LogP contribution in [0.25, 0.3) is 0 Å². The minimum Gasteiger partial charge on any atom is -0.493 e. The quantitative estimate of drug-likeness (QED) is 0.832. The van der Waals surface area contributed by atoms with Gasteiger partial charge in [-0.05, 0) is 37.5 Å². The Balaban J connectivity index is 2.34. The number of carbonyl (C=O) groups excluding carboxylic acids is 1. The first-order valence-corrected chi connectivity index (χ1v) is 6.85. The normalized spacial score (nSPS) is 22.4. The molecule has 5 nitrogen and oxygen atoms in total. The number of nitrogens with zero attached hydrogens (tertiary/aromatic N) is 1. The minimum atomic E-state index is -0.868. The molecule has 0 aromatic heterocycles. The molecule has 0 bridgehead atoms. The van der Waals surface area contributed by atoms with Crippen LogP contribution in [0.4, 0.5) is 0 Å². The van der Waals surface area contributed by atoms with E-state index in [1.54, 1.807) is 25.1 Å². The summed E-state index contributed by atoms with van der Waals surface area (Å²) < 4.78 is 15.9. The number of Topliss-reactive ketones (excluding diaryl/α,β-unsaturated/α-hetero) is 1. The number of hydrogen-bond acceptors (Lipinski definition) is 5. The molecule has 2 rings (SSSR count). The Kier molecular flexibility index (Phi) is 4.49. The highest BCUT2D eigenvalue weighted by Crippen LogP contribution is 2.35. The monoisotopic (exact) mass is 289 g/mol. The highest BCUT2D eigenvalue weighted by atomic mass is 16.5. The molecule has 2 atom stereocenters. The molecule has 0 amide bonds. The van der Waals surface area contributed by atoms with Crippen LogP contribution in [0, 0.1) is 11.3 Å². The van der Waals surface area contributed by atoms with E-state index in [9.17, 15) is 10.1 Å². The predicted octanol–water partition coefficient (Wildman–Crippen LogP) is 2.45. The maximum atomic E-state index is 12.6. The molecule has 5 heteroatoms. The van der Waals surface area contributed by atoms with Crippen LogP contribution in [0.5, 0.6) is 11.5 Å². The van der Waals surface area contributed by atoms with Gasteiger partial charge >= 0.3 is 0 Å². The van der Waals surface area contributed by atoms with Gasteiger partial charge in [-0.1, -0.05) is 6.07 Å². The van der Waals surface area contributed by atoms with Crippen LogP contribution in [0.3, 0.4) is 0 Å². The Hall–Kier alpha value is -2.06. The van der Waals surface area contributed by atoms with Gasteiger partial charge in [-0.2, -0.15) is 5.26 Å². The SMILES string of the molecule is COc1ccc(C(C#N)C(=O)C2(C)CCCO2)cc1OC. The van der Waals surface area contributed by atoms with Crippen LogP contribution in [0.2, 0.25) is 0 Å². The molecule has 1 saturated heterocycles. The van der Waals surface area contributed by atoms with Gasteiger partial charge < -0.3 is 14.2 Å². The summed E-state index contributed by atoms with van der Waals surface area (Å²) in [4.78, 5) is 12.6. The second kappa shape index (κ2) is 6.15. The molecule has 1 aromatic rings. The number of rotatable bonds is 5.